The number of nitrogens with zero attached hydrogens (tertiary/aromatic N) is 2. The first kappa shape index (κ1) is 27.3. The number of halogens is 6. The molecule has 11 heteroatoms. The first-order valence-electron chi connectivity index (χ1n) is 11.6. The summed E-state index contributed by atoms with van der Waals surface area (Å²) in [7, 11) is 0. The molecule has 1 saturated heterocycles. The molecule has 0 bridgehead atoms. The van der Waals surface area contributed by atoms with Gasteiger partial charge in [0.1, 0.15) is 0 Å². The van der Waals surface area contributed by atoms with E-state index in [0.29, 0.717) is 44.7 Å². The molecule has 0 aromatic heterocycles. The summed E-state index contributed by atoms with van der Waals surface area (Å²) in [4.78, 5) is 28.6. The Morgan fingerprint density at radius 3 is 1.89 bits per heavy atom. The third-order valence-corrected chi connectivity index (χ3v) is 5.97. The van der Waals surface area contributed by atoms with Gasteiger partial charge in [-0.25, -0.2) is 0 Å². The number of benzene rings is 2. The van der Waals surface area contributed by atoms with E-state index in [9.17, 15) is 35.9 Å². The highest BCUT2D eigenvalue weighted by molar-refractivity contribution is 6.04. The van der Waals surface area contributed by atoms with Crippen molar-refractivity contribution in [3.05, 3.63) is 59.2 Å². The van der Waals surface area contributed by atoms with E-state index in [1.165, 1.54) is 12.1 Å². The highest BCUT2D eigenvalue weighted by Crippen LogP contribution is 2.36. The molecule has 1 N–H and O–H groups in total. The third kappa shape index (κ3) is 7.14. The average molecular weight is 515 g/mol. The molecule has 2 aromatic carbocycles. The van der Waals surface area contributed by atoms with Crippen LogP contribution in [0.25, 0.3) is 0 Å². The Morgan fingerprint density at radius 2 is 1.39 bits per heavy atom. The number of alkyl halides is 6. The Balaban J connectivity index is 1.63. The lowest BCUT2D eigenvalue weighted by Crippen LogP contribution is -2.48. The van der Waals surface area contributed by atoms with Crippen molar-refractivity contribution in [2.75, 3.05) is 36.4 Å². The van der Waals surface area contributed by atoms with Crippen molar-refractivity contribution >= 4 is 23.2 Å². The zero-order valence-electron chi connectivity index (χ0n) is 19.7. The van der Waals surface area contributed by atoms with Gasteiger partial charge in [0, 0.05) is 49.5 Å². The maximum absolute atomic E-state index is 13.1. The Bertz CT molecular complexity index is 1030. The molecule has 2 amide bonds. The summed E-state index contributed by atoms with van der Waals surface area (Å²) >= 11 is 0. The van der Waals surface area contributed by atoms with Crippen molar-refractivity contribution in [1.29, 1.82) is 0 Å². The fourth-order valence-corrected chi connectivity index (χ4v) is 3.94. The first-order valence-corrected chi connectivity index (χ1v) is 11.6. The molecule has 0 atom stereocenters. The van der Waals surface area contributed by atoms with E-state index in [0.717, 1.165) is 24.9 Å². The van der Waals surface area contributed by atoms with Crippen LogP contribution < -0.4 is 10.2 Å². The Morgan fingerprint density at radius 1 is 0.833 bits per heavy atom. The fourth-order valence-electron chi connectivity index (χ4n) is 3.94. The van der Waals surface area contributed by atoms with Crippen molar-refractivity contribution in [3.63, 3.8) is 0 Å². The summed E-state index contributed by atoms with van der Waals surface area (Å²) in [5.41, 5.74) is -2.81. The number of hydrogen-bond donors (Lipinski definition) is 1. The summed E-state index contributed by atoms with van der Waals surface area (Å²) in [5.74, 6) is -0.945. The van der Waals surface area contributed by atoms with Gasteiger partial charge in [0.25, 0.3) is 5.91 Å². The lowest BCUT2D eigenvalue weighted by atomic mass is 10.0. The van der Waals surface area contributed by atoms with Gasteiger partial charge in [0.05, 0.1) is 11.1 Å². The number of hydrogen-bond acceptors (Lipinski definition) is 3. The minimum Gasteiger partial charge on any atom is -0.368 e. The predicted molar refractivity (Wildman–Crippen MR) is 124 cm³/mol. The molecule has 1 heterocycles. The number of rotatable bonds is 7. The third-order valence-electron chi connectivity index (χ3n) is 5.97. The SMILES string of the molecule is CCCCCC(=O)N1CCN(c2ccc(NC(=O)c3cc(C(F)(F)F)cc(C(F)(F)F)c3)cc2)CC1. The van der Waals surface area contributed by atoms with Gasteiger partial charge in [-0.05, 0) is 48.9 Å². The molecule has 0 spiro atoms. The number of carbonyl (C=O) groups excluding carboxylic acids is 2. The fraction of sp³-hybridized carbons (Fsp3) is 0.440. The van der Waals surface area contributed by atoms with E-state index in [2.05, 4.69) is 17.1 Å². The quantitative estimate of drug-likeness (QED) is 0.353. The maximum Gasteiger partial charge on any atom is 0.416 e. The van der Waals surface area contributed by atoms with E-state index < -0.39 is 35.0 Å². The van der Waals surface area contributed by atoms with Crippen molar-refractivity contribution < 1.29 is 35.9 Å². The van der Waals surface area contributed by atoms with Gasteiger partial charge in [-0.15, -0.1) is 0 Å². The second kappa shape index (κ2) is 11.2. The van der Waals surface area contributed by atoms with Gasteiger partial charge in [-0.1, -0.05) is 19.8 Å². The van der Waals surface area contributed by atoms with Crippen LogP contribution in [0, 0.1) is 0 Å². The standard InChI is InChI=1S/C25H27F6N3O2/c1-2-3-4-5-22(35)34-12-10-33(11-13-34)21-8-6-20(7-9-21)32-23(36)17-14-18(24(26,27)28)16-19(15-17)25(29,30)31/h6-9,14-16H,2-5,10-13H2,1H3,(H,32,36). The van der Waals surface area contributed by atoms with Gasteiger partial charge in [0.15, 0.2) is 0 Å². The Kier molecular flexibility index (Phi) is 8.52. The Labute approximate surface area is 205 Å². The molecule has 5 nitrogen and oxygen atoms in total. The van der Waals surface area contributed by atoms with E-state index in [-0.39, 0.29) is 17.7 Å². The summed E-state index contributed by atoms with van der Waals surface area (Å²) in [6.07, 6.45) is -6.60. The minimum absolute atomic E-state index is 0.0237. The summed E-state index contributed by atoms with van der Waals surface area (Å²) in [5, 5.41) is 2.35. The maximum atomic E-state index is 13.1. The largest absolute Gasteiger partial charge is 0.416 e. The topological polar surface area (TPSA) is 52.7 Å². The first-order chi connectivity index (χ1) is 16.9. The highest BCUT2D eigenvalue weighted by atomic mass is 19.4. The van der Waals surface area contributed by atoms with Crippen LogP contribution >= 0.6 is 0 Å². The normalized spacial score (nSPS) is 14.6. The van der Waals surface area contributed by atoms with Crippen molar-refractivity contribution in [2.45, 2.75) is 45.0 Å². The summed E-state index contributed by atoms with van der Waals surface area (Å²) in [6.45, 7) is 4.49. The van der Waals surface area contributed by atoms with Crippen LogP contribution in [0.2, 0.25) is 0 Å². The number of nitrogens with one attached hydrogen (secondary N) is 1. The lowest BCUT2D eigenvalue weighted by Gasteiger charge is -2.36. The van der Waals surface area contributed by atoms with Crippen LogP contribution in [0.15, 0.2) is 42.5 Å². The number of unbranched alkanes of at least 4 members (excludes halogenated alkanes) is 2. The van der Waals surface area contributed by atoms with Crippen molar-refractivity contribution in [2.24, 2.45) is 0 Å². The summed E-state index contributed by atoms with van der Waals surface area (Å²) in [6, 6.07) is 7.19. The van der Waals surface area contributed by atoms with E-state index in [4.69, 9.17) is 0 Å². The lowest BCUT2D eigenvalue weighted by molar-refractivity contribution is -0.143. The second-order valence-corrected chi connectivity index (χ2v) is 8.62. The van der Waals surface area contributed by atoms with Gasteiger partial charge in [0.2, 0.25) is 5.91 Å². The molecule has 1 aliphatic rings. The number of carbonyl (C=O) groups is 2. The zero-order chi connectivity index (χ0) is 26.5. The molecule has 196 valence electrons. The van der Waals surface area contributed by atoms with Crippen molar-refractivity contribution in [1.82, 2.24) is 4.90 Å². The smallest absolute Gasteiger partial charge is 0.368 e. The second-order valence-electron chi connectivity index (χ2n) is 8.62. The molecule has 3 rings (SSSR count). The molecular weight excluding hydrogens is 488 g/mol. The van der Waals surface area contributed by atoms with Crippen LogP contribution in [-0.4, -0.2) is 42.9 Å². The monoisotopic (exact) mass is 515 g/mol. The van der Waals surface area contributed by atoms with Gasteiger partial charge < -0.3 is 15.1 Å². The van der Waals surface area contributed by atoms with E-state index in [1.54, 1.807) is 12.1 Å². The molecule has 1 fully saturated rings. The molecule has 0 saturated carbocycles. The molecular formula is C25H27F6N3O2. The minimum atomic E-state index is -5.04. The molecule has 36 heavy (non-hydrogen) atoms. The van der Waals surface area contributed by atoms with Crippen LogP contribution in [0.5, 0.6) is 0 Å². The number of piperazine rings is 1. The molecule has 1 aliphatic heterocycles. The average Bonchev–Trinajstić information content (AvgIpc) is 2.83. The van der Waals surface area contributed by atoms with Crippen LogP contribution in [0.4, 0.5) is 37.7 Å². The van der Waals surface area contributed by atoms with Crippen LogP contribution in [-0.2, 0) is 17.1 Å². The number of anilines is 2. The van der Waals surface area contributed by atoms with E-state index >= 15 is 0 Å². The Hall–Kier alpha value is -3.24. The van der Waals surface area contributed by atoms with Crippen LogP contribution in [0.1, 0.15) is 54.1 Å². The zero-order valence-corrected chi connectivity index (χ0v) is 19.7. The molecule has 0 unspecified atom stereocenters. The number of amides is 2. The molecule has 0 aliphatic carbocycles. The summed E-state index contributed by atoms with van der Waals surface area (Å²) < 4.78 is 78.4. The van der Waals surface area contributed by atoms with Gasteiger partial charge >= 0.3 is 12.4 Å². The van der Waals surface area contributed by atoms with Gasteiger partial charge in [-0.3, -0.25) is 9.59 Å². The molecule has 0 radical (unpaired) electrons. The van der Waals surface area contributed by atoms with Crippen LogP contribution in [0.3, 0.4) is 0 Å². The predicted octanol–water partition coefficient (Wildman–Crippen LogP) is 6.21. The highest BCUT2D eigenvalue weighted by Gasteiger charge is 2.37. The van der Waals surface area contributed by atoms with E-state index in [1.807, 2.05) is 4.90 Å². The molecule has 2 aromatic rings. The van der Waals surface area contributed by atoms with Gasteiger partial charge in [-0.2, -0.15) is 26.3 Å². The van der Waals surface area contributed by atoms with Crippen molar-refractivity contribution in [3.8, 4) is 0 Å².